The van der Waals surface area contributed by atoms with Crippen LogP contribution in [0.5, 0.6) is 17.4 Å². The first kappa shape index (κ1) is 14.3. The highest BCUT2D eigenvalue weighted by Crippen LogP contribution is 2.24. The molecule has 0 aliphatic heterocycles. The summed E-state index contributed by atoms with van der Waals surface area (Å²) in [5.74, 6) is 1.97. The molecule has 4 heteroatoms. The van der Waals surface area contributed by atoms with E-state index in [9.17, 15) is 5.11 Å². The van der Waals surface area contributed by atoms with Crippen LogP contribution >= 0.6 is 0 Å². The standard InChI is InChI=1S/C16H19NO3/c1-3-10-19-14-4-6-15(7-5-14)20-16-11-13(12(2)18)8-9-17-16/h4-9,11-12,18H,3,10H2,1-2H3. The van der Waals surface area contributed by atoms with Gasteiger partial charge in [-0.05, 0) is 49.2 Å². The average molecular weight is 273 g/mol. The summed E-state index contributed by atoms with van der Waals surface area (Å²) in [4.78, 5) is 4.12. The first-order valence-corrected chi connectivity index (χ1v) is 6.73. The molecular weight excluding hydrogens is 254 g/mol. The van der Waals surface area contributed by atoms with Crippen LogP contribution < -0.4 is 9.47 Å². The van der Waals surface area contributed by atoms with E-state index in [4.69, 9.17) is 9.47 Å². The zero-order valence-corrected chi connectivity index (χ0v) is 11.7. The van der Waals surface area contributed by atoms with Gasteiger partial charge in [-0.15, -0.1) is 0 Å². The van der Waals surface area contributed by atoms with E-state index < -0.39 is 6.10 Å². The fourth-order valence-corrected chi connectivity index (χ4v) is 1.68. The van der Waals surface area contributed by atoms with Gasteiger partial charge in [0, 0.05) is 12.3 Å². The number of hydrogen-bond acceptors (Lipinski definition) is 4. The molecule has 0 radical (unpaired) electrons. The Bertz CT molecular complexity index is 538. The van der Waals surface area contributed by atoms with E-state index in [-0.39, 0.29) is 0 Å². The van der Waals surface area contributed by atoms with Crippen LogP contribution in [0.3, 0.4) is 0 Å². The Balaban J connectivity index is 2.04. The number of aliphatic hydroxyl groups excluding tert-OH is 1. The molecule has 20 heavy (non-hydrogen) atoms. The topological polar surface area (TPSA) is 51.6 Å². The van der Waals surface area contributed by atoms with Gasteiger partial charge < -0.3 is 14.6 Å². The van der Waals surface area contributed by atoms with Gasteiger partial charge in [-0.2, -0.15) is 0 Å². The second-order valence-electron chi connectivity index (χ2n) is 4.53. The molecule has 0 amide bonds. The molecule has 2 rings (SSSR count). The summed E-state index contributed by atoms with van der Waals surface area (Å²) in [5.41, 5.74) is 0.776. The van der Waals surface area contributed by atoms with Crippen LogP contribution in [0.4, 0.5) is 0 Å². The summed E-state index contributed by atoms with van der Waals surface area (Å²) < 4.78 is 11.2. The Kier molecular flexibility index (Phi) is 4.96. The molecule has 0 aliphatic carbocycles. The minimum atomic E-state index is -0.537. The number of ether oxygens (including phenoxy) is 2. The van der Waals surface area contributed by atoms with Crippen molar-refractivity contribution in [1.82, 2.24) is 4.98 Å². The highest BCUT2D eigenvalue weighted by molar-refractivity contribution is 5.34. The van der Waals surface area contributed by atoms with Gasteiger partial charge in [-0.3, -0.25) is 0 Å². The van der Waals surface area contributed by atoms with E-state index in [2.05, 4.69) is 11.9 Å². The Morgan fingerprint density at radius 2 is 1.85 bits per heavy atom. The second kappa shape index (κ2) is 6.91. The smallest absolute Gasteiger partial charge is 0.219 e. The van der Waals surface area contributed by atoms with E-state index in [0.717, 1.165) is 17.7 Å². The first-order chi connectivity index (χ1) is 9.69. The van der Waals surface area contributed by atoms with Gasteiger partial charge in [0.05, 0.1) is 12.7 Å². The van der Waals surface area contributed by atoms with Gasteiger partial charge >= 0.3 is 0 Å². The van der Waals surface area contributed by atoms with Crippen molar-refractivity contribution in [1.29, 1.82) is 0 Å². The van der Waals surface area contributed by atoms with Crippen LogP contribution in [0.2, 0.25) is 0 Å². The third kappa shape index (κ3) is 3.96. The second-order valence-corrected chi connectivity index (χ2v) is 4.53. The fraction of sp³-hybridized carbons (Fsp3) is 0.312. The van der Waals surface area contributed by atoms with E-state index in [1.54, 1.807) is 25.3 Å². The van der Waals surface area contributed by atoms with Crippen LogP contribution in [-0.2, 0) is 0 Å². The lowest BCUT2D eigenvalue weighted by molar-refractivity contribution is 0.198. The predicted molar refractivity (Wildman–Crippen MR) is 77.2 cm³/mol. The highest BCUT2D eigenvalue weighted by atomic mass is 16.5. The summed E-state index contributed by atoms with van der Waals surface area (Å²) in [6.07, 6.45) is 2.06. The van der Waals surface area contributed by atoms with Crippen molar-refractivity contribution in [3.05, 3.63) is 48.2 Å². The SMILES string of the molecule is CCCOc1ccc(Oc2cc(C(C)O)ccn2)cc1. The quantitative estimate of drug-likeness (QED) is 0.871. The van der Waals surface area contributed by atoms with Crippen molar-refractivity contribution < 1.29 is 14.6 Å². The lowest BCUT2D eigenvalue weighted by atomic mass is 10.2. The maximum absolute atomic E-state index is 9.53. The molecule has 1 unspecified atom stereocenters. The molecule has 0 aliphatic rings. The number of pyridine rings is 1. The molecule has 106 valence electrons. The summed E-state index contributed by atoms with van der Waals surface area (Å²) in [5, 5.41) is 9.53. The van der Waals surface area contributed by atoms with Crippen LogP contribution in [0, 0.1) is 0 Å². The van der Waals surface area contributed by atoms with Crippen LogP contribution in [0.15, 0.2) is 42.6 Å². The van der Waals surface area contributed by atoms with Crippen LogP contribution in [0.25, 0.3) is 0 Å². The fourth-order valence-electron chi connectivity index (χ4n) is 1.68. The summed E-state index contributed by atoms with van der Waals surface area (Å²) in [7, 11) is 0. The van der Waals surface area contributed by atoms with Crippen molar-refractivity contribution in [2.75, 3.05) is 6.61 Å². The van der Waals surface area contributed by atoms with E-state index in [1.165, 1.54) is 0 Å². The van der Waals surface area contributed by atoms with Crippen molar-refractivity contribution in [2.24, 2.45) is 0 Å². The minimum absolute atomic E-state index is 0.464. The summed E-state index contributed by atoms with van der Waals surface area (Å²) >= 11 is 0. The van der Waals surface area contributed by atoms with Crippen molar-refractivity contribution >= 4 is 0 Å². The maximum atomic E-state index is 9.53. The number of hydrogen-bond donors (Lipinski definition) is 1. The van der Waals surface area contributed by atoms with E-state index >= 15 is 0 Å². The molecule has 1 atom stereocenters. The van der Waals surface area contributed by atoms with Crippen molar-refractivity contribution in [3.8, 4) is 17.4 Å². The van der Waals surface area contributed by atoms with Gasteiger partial charge in [0.2, 0.25) is 5.88 Å². The highest BCUT2D eigenvalue weighted by Gasteiger charge is 2.04. The monoisotopic (exact) mass is 273 g/mol. The number of nitrogens with zero attached hydrogens (tertiary/aromatic N) is 1. The van der Waals surface area contributed by atoms with E-state index in [1.807, 2.05) is 24.3 Å². The number of benzene rings is 1. The molecular formula is C16H19NO3. The third-order valence-electron chi connectivity index (χ3n) is 2.76. The van der Waals surface area contributed by atoms with Gasteiger partial charge in [-0.25, -0.2) is 4.98 Å². The molecule has 0 spiro atoms. The number of rotatable bonds is 6. The minimum Gasteiger partial charge on any atom is -0.494 e. The Morgan fingerprint density at radius 3 is 2.50 bits per heavy atom. The Labute approximate surface area is 119 Å². The lowest BCUT2D eigenvalue weighted by Crippen LogP contribution is -1.95. The van der Waals surface area contributed by atoms with Crippen molar-refractivity contribution in [3.63, 3.8) is 0 Å². The Morgan fingerprint density at radius 1 is 1.15 bits per heavy atom. The molecule has 1 N–H and O–H groups in total. The average Bonchev–Trinajstić information content (AvgIpc) is 2.47. The van der Waals surface area contributed by atoms with Crippen LogP contribution in [0.1, 0.15) is 31.9 Å². The predicted octanol–water partition coefficient (Wildman–Crippen LogP) is 3.72. The first-order valence-electron chi connectivity index (χ1n) is 6.73. The molecule has 0 saturated carbocycles. The maximum Gasteiger partial charge on any atom is 0.219 e. The molecule has 1 aromatic carbocycles. The van der Waals surface area contributed by atoms with Gasteiger partial charge in [0.1, 0.15) is 11.5 Å². The van der Waals surface area contributed by atoms with Gasteiger partial charge in [0.15, 0.2) is 0 Å². The zero-order chi connectivity index (χ0) is 14.4. The number of aromatic nitrogens is 1. The molecule has 0 fully saturated rings. The third-order valence-corrected chi connectivity index (χ3v) is 2.76. The molecule has 1 heterocycles. The largest absolute Gasteiger partial charge is 0.494 e. The Hall–Kier alpha value is -2.07. The molecule has 0 bridgehead atoms. The molecule has 2 aromatic rings. The van der Waals surface area contributed by atoms with Gasteiger partial charge in [-0.1, -0.05) is 6.92 Å². The van der Waals surface area contributed by atoms with Gasteiger partial charge in [0.25, 0.3) is 0 Å². The lowest BCUT2D eigenvalue weighted by Gasteiger charge is -2.09. The van der Waals surface area contributed by atoms with Crippen molar-refractivity contribution in [2.45, 2.75) is 26.4 Å². The summed E-state index contributed by atoms with van der Waals surface area (Å²) in [6.45, 7) is 4.48. The number of aliphatic hydroxyl groups is 1. The molecule has 1 aromatic heterocycles. The zero-order valence-electron chi connectivity index (χ0n) is 11.7. The van der Waals surface area contributed by atoms with E-state index in [0.29, 0.717) is 18.2 Å². The molecule has 4 nitrogen and oxygen atoms in total. The normalized spacial score (nSPS) is 11.9. The van der Waals surface area contributed by atoms with Crippen LogP contribution in [-0.4, -0.2) is 16.7 Å². The summed E-state index contributed by atoms with van der Waals surface area (Å²) in [6, 6.07) is 10.9. The molecule has 0 saturated heterocycles.